The van der Waals surface area contributed by atoms with Gasteiger partial charge in [0, 0.05) is 30.9 Å². The van der Waals surface area contributed by atoms with E-state index in [0.29, 0.717) is 36.9 Å². The largest absolute Gasteiger partial charge is 0.486 e. The second-order valence-corrected chi connectivity index (χ2v) is 7.92. The van der Waals surface area contributed by atoms with Crippen molar-refractivity contribution in [2.75, 3.05) is 30.0 Å². The van der Waals surface area contributed by atoms with Crippen LogP contribution in [0.3, 0.4) is 0 Å². The number of ether oxygens (including phenoxy) is 2. The zero-order valence-corrected chi connectivity index (χ0v) is 17.7. The first kappa shape index (κ1) is 19.7. The molecule has 29 heavy (non-hydrogen) atoms. The zero-order chi connectivity index (χ0) is 20.2. The molecule has 1 saturated heterocycles. The Kier molecular flexibility index (Phi) is 5.99. The van der Waals surface area contributed by atoms with Crippen molar-refractivity contribution >= 4 is 29.1 Å². The van der Waals surface area contributed by atoms with Crippen LogP contribution >= 0.6 is 12.2 Å². The summed E-state index contributed by atoms with van der Waals surface area (Å²) >= 11 is 5.45. The lowest BCUT2D eigenvalue weighted by Crippen LogP contribution is -2.38. The van der Waals surface area contributed by atoms with E-state index < -0.39 is 0 Å². The van der Waals surface area contributed by atoms with Crippen LogP contribution in [0.4, 0.5) is 11.8 Å². The number of rotatable bonds is 4. The van der Waals surface area contributed by atoms with E-state index in [1.165, 1.54) is 19.3 Å². The molecule has 3 heterocycles. The molecule has 4 rings (SSSR count). The van der Waals surface area contributed by atoms with E-state index in [1.807, 2.05) is 31.2 Å². The average molecular weight is 414 g/mol. The smallest absolute Gasteiger partial charge is 0.231 e. The van der Waals surface area contributed by atoms with Crippen LogP contribution in [0.5, 0.6) is 11.5 Å². The topological polar surface area (TPSA) is 71.5 Å². The van der Waals surface area contributed by atoms with Gasteiger partial charge in [-0.15, -0.1) is 0 Å². The van der Waals surface area contributed by atoms with Gasteiger partial charge in [0.15, 0.2) is 16.6 Å². The number of piperidine rings is 1. The third kappa shape index (κ3) is 4.87. The molecule has 1 fully saturated rings. The standard InChI is InChI=1S/C21H27N5O2S/c1-14-11-19(26-8-4-3-5-15(26)2)24-20(23-14)25-21(29)22-13-16-6-7-17-18(12-16)28-10-9-27-17/h6-7,11-12,15H,3-5,8-10,13H2,1-2H3,(H2,22,23,24,25,29). The Morgan fingerprint density at radius 3 is 2.83 bits per heavy atom. The monoisotopic (exact) mass is 413 g/mol. The molecule has 0 bridgehead atoms. The predicted molar refractivity (Wildman–Crippen MR) is 118 cm³/mol. The van der Waals surface area contributed by atoms with Crippen molar-refractivity contribution in [3.8, 4) is 11.5 Å². The van der Waals surface area contributed by atoms with Gasteiger partial charge in [-0.1, -0.05) is 6.07 Å². The summed E-state index contributed by atoms with van der Waals surface area (Å²) in [5.74, 6) is 3.05. The molecule has 0 aliphatic carbocycles. The Morgan fingerprint density at radius 2 is 2.00 bits per heavy atom. The first-order chi connectivity index (χ1) is 14.1. The van der Waals surface area contributed by atoms with Crippen LogP contribution < -0.4 is 25.0 Å². The van der Waals surface area contributed by atoms with Gasteiger partial charge in [0.05, 0.1) is 0 Å². The second-order valence-electron chi connectivity index (χ2n) is 7.52. The van der Waals surface area contributed by atoms with Gasteiger partial charge in [-0.25, -0.2) is 4.98 Å². The number of benzene rings is 1. The van der Waals surface area contributed by atoms with Gasteiger partial charge < -0.3 is 25.0 Å². The fourth-order valence-electron chi connectivity index (χ4n) is 3.72. The molecule has 2 aliphatic rings. The molecule has 1 aromatic heterocycles. The minimum Gasteiger partial charge on any atom is -0.486 e. The number of fused-ring (bicyclic) bond motifs is 1. The van der Waals surface area contributed by atoms with Gasteiger partial charge in [0.25, 0.3) is 0 Å². The Morgan fingerprint density at radius 1 is 1.17 bits per heavy atom. The molecule has 154 valence electrons. The summed E-state index contributed by atoms with van der Waals surface area (Å²) in [6.07, 6.45) is 3.67. The van der Waals surface area contributed by atoms with Gasteiger partial charge >= 0.3 is 0 Å². The van der Waals surface area contributed by atoms with Crippen LogP contribution in [0, 0.1) is 6.92 Å². The highest BCUT2D eigenvalue weighted by atomic mass is 32.1. The van der Waals surface area contributed by atoms with Crippen LogP contribution in [-0.2, 0) is 6.54 Å². The molecule has 2 N–H and O–H groups in total. The highest BCUT2D eigenvalue weighted by Gasteiger charge is 2.20. The number of aryl methyl sites for hydroxylation is 1. The number of anilines is 2. The number of hydrogen-bond acceptors (Lipinski definition) is 6. The number of nitrogens with zero attached hydrogens (tertiary/aromatic N) is 3. The minimum absolute atomic E-state index is 0.489. The van der Waals surface area contributed by atoms with Gasteiger partial charge in [0.1, 0.15) is 19.0 Å². The van der Waals surface area contributed by atoms with Crippen LogP contribution in [0.1, 0.15) is 37.4 Å². The van der Waals surface area contributed by atoms with E-state index in [9.17, 15) is 0 Å². The molecule has 1 aromatic carbocycles. The molecule has 8 heteroatoms. The van der Waals surface area contributed by atoms with E-state index in [2.05, 4.69) is 27.4 Å². The van der Waals surface area contributed by atoms with Crippen molar-refractivity contribution in [3.63, 3.8) is 0 Å². The fraction of sp³-hybridized carbons (Fsp3) is 0.476. The molecule has 1 unspecified atom stereocenters. The number of nitrogens with one attached hydrogen (secondary N) is 2. The lowest BCUT2D eigenvalue weighted by molar-refractivity contribution is 0.171. The molecular formula is C21H27N5O2S. The van der Waals surface area contributed by atoms with Crippen LogP contribution in [0.25, 0.3) is 0 Å². The SMILES string of the molecule is Cc1cc(N2CCCCC2C)nc(NC(=S)NCc2ccc3c(c2)OCCO3)n1. The molecule has 0 radical (unpaired) electrons. The van der Waals surface area contributed by atoms with E-state index in [1.54, 1.807) is 0 Å². The molecule has 0 saturated carbocycles. The fourth-order valence-corrected chi connectivity index (χ4v) is 3.88. The third-order valence-corrected chi connectivity index (χ3v) is 5.47. The summed E-state index contributed by atoms with van der Waals surface area (Å²) in [5.41, 5.74) is 1.98. The molecule has 1 atom stereocenters. The van der Waals surface area contributed by atoms with E-state index in [4.69, 9.17) is 26.7 Å². The van der Waals surface area contributed by atoms with Crippen LogP contribution in [0.2, 0.25) is 0 Å². The highest BCUT2D eigenvalue weighted by molar-refractivity contribution is 7.80. The van der Waals surface area contributed by atoms with Crippen molar-refractivity contribution in [1.82, 2.24) is 15.3 Å². The van der Waals surface area contributed by atoms with Crippen molar-refractivity contribution in [1.29, 1.82) is 0 Å². The number of hydrogen-bond donors (Lipinski definition) is 2. The van der Waals surface area contributed by atoms with Crippen molar-refractivity contribution in [2.24, 2.45) is 0 Å². The average Bonchev–Trinajstić information content (AvgIpc) is 2.72. The molecular weight excluding hydrogens is 386 g/mol. The minimum atomic E-state index is 0.489. The summed E-state index contributed by atoms with van der Waals surface area (Å²) in [6.45, 7) is 7.01. The maximum Gasteiger partial charge on any atom is 0.231 e. The maximum absolute atomic E-state index is 5.63. The Bertz CT molecular complexity index is 891. The Hall–Kier alpha value is -2.61. The van der Waals surface area contributed by atoms with Crippen LogP contribution in [0.15, 0.2) is 24.3 Å². The lowest BCUT2D eigenvalue weighted by atomic mass is 10.0. The Labute approximate surface area is 176 Å². The highest BCUT2D eigenvalue weighted by Crippen LogP contribution is 2.30. The van der Waals surface area contributed by atoms with E-state index in [-0.39, 0.29) is 0 Å². The maximum atomic E-state index is 5.63. The summed E-state index contributed by atoms with van der Waals surface area (Å²) in [6, 6.07) is 8.44. The third-order valence-electron chi connectivity index (χ3n) is 5.22. The van der Waals surface area contributed by atoms with Gasteiger partial charge in [-0.2, -0.15) is 4.98 Å². The first-order valence-corrected chi connectivity index (χ1v) is 10.5. The molecule has 7 nitrogen and oxygen atoms in total. The van der Waals surface area contributed by atoms with Crippen molar-refractivity contribution in [2.45, 2.75) is 45.7 Å². The molecule has 2 aromatic rings. The van der Waals surface area contributed by atoms with E-state index >= 15 is 0 Å². The van der Waals surface area contributed by atoms with E-state index in [0.717, 1.165) is 35.1 Å². The molecule has 0 spiro atoms. The normalized spacial score (nSPS) is 18.3. The summed E-state index contributed by atoms with van der Waals surface area (Å²) in [5, 5.41) is 6.83. The summed E-state index contributed by atoms with van der Waals surface area (Å²) in [7, 11) is 0. The lowest BCUT2D eigenvalue weighted by Gasteiger charge is -2.34. The van der Waals surface area contributed by atoms with Gasteiger partial charge in [-0.3, -0.25) is 0 Å². The van der Waals surface area contributed by atoms with Crippen molar-refractivity contribution in [3.05, 3.63) is 35.5 Å². The summed E-state index contributed by atoms with van der Waals surface area (Å²) in [4.78, 5) is 11.5. The first-order valence-electron chi connectivity index (χ1n) is 10.1. The van der Waals surface area contributed by atoms with Crippen molar-refractivity contribution < 1.29 is 9.47 Å². The zero-order valence-electron chi connectivity index (χ0n) is 16.9. The summed E-state index contributed by atoms with van der Waals surface area (Å²) < 4.78 is 11.2. The number of thiocarbonyl (C=S) groups is 1. The molecule has 2 aliphatic heterocycles. The van der Waals surface area contributed by atoms with Gasteiger partial charge in [-0.05, 0) is 63.0 Å². The predicted octanol–water partition coefficient (Wildman–Crippen LogP) is 3.42. The molecule has 0 amide bonds. The quantitative estimate of drug-likeness (QED) is 0.739. The van der Waals surface area contributed by atoms with Gasteiger partial charge in [0.2, 0.25) is 5.95 Å². The number of aromatic nitrogens is 2. The second kappa shape index (κ2) is 8.82. The Balaban J connectivity index is 1.38. The van der Waals surface area contributed by atoms with Crippen LogP contribution in [-0.4, -0.2) is 40.9 Å².